The lowest BCUT2D eigenvalue weighted by Gasteiger charge is -2.13. The van der Waals surface area contributed by atoms with Gasteiger partial charge in [-0.15, -0.1) is 0 Å². The highest BCUT2D eigenvalue weighted by Gasteiger charge is 2.19. The molecule has 0 aliphatic heterocycles. The van der Waals surface area contributed by atoms with E-state index in [1.54, 1.807) is 6.92 Å². The number of primary amides is 1. The smallest absolute Gasteiger partial charge is 0.223 e. The van der Waals surface area contributed by atoms with Crippen LogP contribution in [-0.4, -0.2) is 29.1 Å². The third-order valence-electron chi connectivity index (χ3n) is 1.29. The molecule has 60 valence electrons. The van der Waals surface area contributed by atoms with Crippen LogP contribution in [0.5, 0.6) is 0 Å². The van der Waals surface area contributed by atoms with Crippen LogP contribution < -0.4 is 5.73 Å². The summed E-state index contributed by atoms with van der Waals surface area (Å²) >= 11 is 1.51. The van der Waals surface area contributed by atoms with Crippen LogP contribution in [0.25, 0.3) is 0 Å². The molecule has 0 aliphatic rings. The largest absolute Gasteiger partial charge is 0.393 e. The molecule has 3 N–H and O–H groups in total. The van der Waals surface area contributed by atoms with Gasteiger partial charge in [-0.25, -0.2) is 0 Å². The lowest BCUT2D eigenvalue weighted by molar-refractivity contribution is -0.123. The highest BCUT2D eigenvalue weighted by atomic mass is 32.2. The van der Waals surface area contributed by atoms with Crippen molar-refractivity contribution >= 4 is 17.7 Å². The highest BCUT2D eigenvalue weighted by Crippen LogP contribution is 2.08. The Kier molecular flexibility index (Phi) is 4.47. The fourth-order valence-electron chi connectivity index (χ4n) is 0.639. The molecule has 1 amide bonds. The first-order valence-electron chi connectivity index (χ1n) is 3.06. The molecule has 2 unspecified atom stereocenters. The molecule has 0 spiro atoms. The fraction of sp³-hybridized carbons (Fsp3) is 0.833. The normalized spacial score (nSPS) is 16.3. The summed E-state index contributed by atoms with van der Waals surface area (Å²) in [5.41, 5.74) is 5.01. The Morgan fingerprint density at radius 2 is 2.30 bits per heavy atom. The van der Waals surface area contributed by atoms with Crippen LogP contribution in [-0.2, 0) is 4.79 Å². The second-order valence-corrected chi connectivity index (χ2v) is 3.12. The maximum Gasteiger partial charge on any atom is 0.223 e. The fourth-order valence-corrected chi connectivity index (χ4v) is 1.44. The predicted molar refractivity (Wildman–Crippen MR) is 42.7 cm³/mol. The van der Waals surface area contributed by atoms with E-state index in [1.807, 2.05) is 6.26 Å². The van der Waals surface area contributed by atoms with Gasteiger partial charge >= 0.3 is 0 Å². The second kappa shape index (κ2) is 4.57. The van der Waals surface area contributed by atoms with Crippen LogP contribution in [0.2, 0.25) is 0 Å². The van der Waals surface area contributed by atoms with Crippen molar-refractivity contribution in [3.63, 3.8) is 0 Å². The first kappa shape index (κ1) is 9.78. The van der Waals surface area contributed by atoms with E-state index in [9.17, 15) is 4.79 Å². The molecule has 2 atom stereocenters. The van der Waals surface area contributed by atoms with Crippen LogP contribution in [0.3, 0.4) is 0 Å². The van der Waals surface area contributed by atoms with Gasteiger partial charge in [-0.05, 0) is 13.2 Å². The molecule has 0 heterocycles. The summed E-state index contributed by atoms with van der Waals surface area (Å²) < 4.78 is 0. The average Bonchev–Trinajstić information content (AvgIpc) is 1.81. The average molecular weight is 163 g/mol. The molecule has 0 aromatic carbocycles. The molecule has 10 heavy (non-hydrogen) atoms. The summed E-state index contributed by atoms with van der Waals surface area (Å²) in [6, 6.07) is 0. The highest BCUT2D eigenvalue weighted by molar-refractivity contribution is 7.98. The van der Waals surface area contributed by atoms with E-state index in [2.05, 4.69) is 0 Å². The van der Waals surface area contributed by atoms with Crippen molar-refractivity contribution in [3.05, 3.63) is 0 Å². The molecule has 0 rings (SSSR count). The van der Waals surface area contributed by atoms with Gasteiger partial charge in [0.1, 0.15) is 0 Å². The molecule has 0 aliphatic carbocycles. The Bertz CT molecular complexity index is 116. The number of hydrogen-bond donors (Lipinski definition) is 2. The van der Waals surface area contributed by atoms with E-state index in [1.165, 1.54) is 11.8 Å². The first-order chi connectivity index (χ1) is 4.59. The van der Waals surface area contributed by atoms with E-state index in [-0.39, 0.29) is 0 Å². The second-order valence-electron chi connectivity index (χ2n) is 2.20. The van der Waals surface area contributed by atoms with Gasteiger partial charge in [0.2, 0.25) is 5.91 Å². The Balaban J connectivity index is 3.85. The molecule has 0 saturated heterocycles. The van der Waals surface area contributed by atoms with Gasteiger partial charge in [0, 0.05) is 5.75 Å². The molecule has 0 aromatic heterocycles. The summed E-state index contributed by atoms with van der Waals surface area (Å²) in [5.74, 6) is -0.244. The van der Waals surface area contributed by atoms with Gasteiger partial charge in [0.15, 0.2) is 0 Å². The van der Waals surface area contributed by atoms with Crippen molar-refractivity contribution in [3.8, 4) is 0 Å². The zero-order valence-electron chi connectivity index (χ0n) is 6.20. The minimum absolute atomic E-state index is 0.407. The lowest BCUT2D eigenvalue weighted by Crippen LogP contribution is -2.33. The van der Waals surface area contributed by atoms with Crippen molar-refractivity contribution < 1.29 is 9.90 Å². The number of carbonyl (C=O) groups is 1. The number of aliphatic hydroxyl groups excluding tert-OH is 1. The number of hydrogen-bond acceptors (Lipinski definition) is 3. The quantitative estimate of drug-likeness (QED) is 0.605. The van der Waals surface area contributed by atoms with Crippen molar-refractivity contribution in [1.29, 1.82) is 0 Å². The van der Waals surface area contributed by atoms with E-state index in [0.29, 0.717) is 5.75 Å². The molecule has 0 aromatic rings. The van der Waals surface area contributed by atoms with Gasteiger partial charge in [-0.2, -0.15) is 11.8 Å². The lowest BCUT2D eigenvalue weighted by atomic mass is 10.1. The van der Waals surface area contributed by atoms with Crippen molar-refractivity contribution in [2.24, 2.45) is 11.7 Å². The van der Waals surface area contributed by atoms with Crippen molar-refractivity contribution in [2.45, 2.75) is 13.0 Å². The molecule has 0 saturated carbocycles. The van der Waals surface area contributed by atoms with Crippen molar-refractivity contribution in [2.75, 3.05) is 12.0 Å². The van der Waals surface area contributed by atoms with Gasteiger partial charge in [-0.1, -0.05) is 0 Å². The number of carbonyl (C=O) groups excluding carboxylic acids is 1. The summed E-state index contributed by atoms with van der Waals surface area (Å²) in [6.45, 7) is 1.58. The number of aliphatic hydroxyl groups is 1. The maximum absolute atomic E-state index is 10.6. The first-order valence-corrected chi connectivity index (χ1v) is 4.45. The van der Waals surface area contributed by atoms with E-state index >= 15 is 0 Å². The summed E-state index contributed by atoms with van der Waals surface area (Å²) in [7, 11) is 0. The monoisotopic (exact) mass is 163 g/mol. The maximum atomic E-state index is 10.6. The number of rotatable bonds is 4. The molecular formula is C6H13NO2S. The van der Waals surface area contributed by atoms with Gasteiger partial charge < -0.3 is 10.8 Å². The van der Waals surface area contributed by atoms with Gasteiger partial charge in [-0.3, -0.25) is 4.79 Å². The summed E-state index contributed by atoms with van der Waals surface area (Å²) in [5, 5.41) is 9.00. The molecule has 3 nitrogen and oxygen atoms in total. The minimum Gasteiger partial charge on any atom is -0.393 e. The van der Waals surface area contributed by atoms with Gasteiger partial charge in [0.05, 0.1) is 12.0 Å². The predicted octanol–water partition coefficient (Wildman–Crippen LogP) is -0.168. The SMILES string of the molecule is CSCC(C(N)=O)C(C)O. The molecule has 0 bridgehead atoms. The Morgan fingerprint density at radius 1 is 1.80 bits per heavy atom. The standard InChI is InChI=1S/C6H13NO2S/c1-4(8)5(3-10-2)6(7)9/h4-5,8H,3H2,1-2H3,(H2,7,9). The number of thioether (sulfide) groups is 1. The van der Waals surface area contributed by atoms with E-state index in [4.69, 9.17) is 10.8 Å². The van der Waals surface area contributed by atoms with E-state index < -0.39 is 17.9 Å². The molecule has 4 heteroatoms. The third-order valence-corrected chi connectivity index (χ3v) is 1.99. The topological polar surface area (TPSA) is 63.3 Å². The van der Waals surface area contributed by atoms with Gasteiger partial charge in [0.25, 0.3) is 0 Å². The zero-order valence-corrected chi connectivity index (χ0v) is 7.02. The summed E-state index contributed by atoms with van der Waals surface area (Å²) in [4.78, 5) is 10.6. The molecular weight excluding hydrogens is 150 g/mol. The van der Waals surface area contributed by atoms with Crippen LogP contribution in [0.4, 0.5) is 0 Å². The molecule has 0 radical (unpaired) electrons. The van der Waals surface area contributed by atoms with Crippen LogP contribution in [0.15, 0.2) is 0 Å². The number of amides is 1. The van der Waals surface area contributed by atoms with Crippen LogP contribution in [0.1, 0.15) is 6.92 Å². The van der Waals surface area contributed by atoms with E-state index in [0.717, 1.165) is 0 Å². The van der Waals surface area contributed by atoms with Crippen LogP contribution >= 0.6 is 11.8 Å². The zero-order chi connectivity index (χ0) is 8.15. The minimum atomic E-state index is -0.634. The Hall–Kier alpha value is -0.220. The van der Waals surface area contributed by atoms with Crippen LogP contribution in [0, 0.1) is 5.92 Å². The Morgan fingerprint density at radius 3 is 2.40 bits per heavy atom. The third kappa shape index (κ3) is 3.08. The number of nitrogens with two attached hydrogens (primary N) is 1. The molecule has 0 fully saturated rings. The Labute approximate surface area is 65.0 Å². The van der Waals surface area contributed by atoms with Crippen molar-refractivity contribution in [1.82, 2.24) is 0 Å². The summed E-state index contributed by atoms with van der Waals surface area (Å²) in [6.07, 6.45) is 1.24.